The predicted molar refractivity (Wildman–Crippen MR) is 58.7 cm³/mol. The van der Waals surface area contributed by atoms with Gasteiger partial charge >= 0.3 is 0 Å². The van der Waals surface area contributed by atoms with Gasteiger partial charge in [0.2, 0.25) is 0 Å². The molecule has 0 saturated carbocycles. The molecule has 1 fully saturated rings. The van der Waals surface area contributed by atoms with Crippen LogP contribution in [-0.4, -0.2) is 34.3 Å². The van der Waals surface area contributed by atoms with Gasteiger partial charge < -0.3 is 10.0 Å². The summed E-state index contributed by atoms with van der Waals surface area (Å²) >= 11 is 0. The maximum atomic E-state index is 13.8. The summed E-state index contributed by atoms with van der Waals surface area (Å²) in [7, 11) is 0. The Bertz CT molecular complexity index is 459. The highest BCUT2D eigenvalue weighted by Gasteiger charge is 2.33. The summed E-state index contributed by atoms with van der Waals surface area (Å²) in [5, 5.41) is 18.4. The second-order valence-electron chi connectivity index (χ2n) is 4.19. The number of aromatic nitrogens is 2. The third-order valence-electron chi connectivity index (χ3n) is 3.00. The molecule has 2 rings (SSSR count). The van der Waals surface area contributed by atoms with E-state index in [4.69, 9.17) is 5.26 Å². The lowest BCUT2D eigenvalue weighted by atomic mass is 10.0. The van der Waals surface area contributed by atoms with Gasteiger partial charge in [-0.25, -0.2) is 14.4 Å². The van der Waals surface area contributed by atoms with Crippen molar-refractivity contribution < 1.29 is 9.50 Å². The third-order valence-corrected chi connectivity index (χ3v) is 3.00. The first kappa shape index (κ1) is 11.7. The Hall–Kier alpha value is -1.74. The Morgan fingerprint density at radius 1 is 1.59 bits per heavy atom. The van der Waals surface area contributed by atoms with Crippen molar-refractivity contribution in [2.45, 2.75) is 19.4 Å². The van der Waals surface area contributed by atoms with Crippen molar-refractivity contribution in [2.24, 2.45) is 5.92 Å². The van der Waals surface area contributed by atoms with Crippen LogP contribution in [0.1, 0.15) is 12.1 Å². The highest BCUT2D eigenvalue weighted by atomic mass is 19.1. The molecule has 0 radical (unpaired) electrons. The number of aryl methyl sites for hydroxylation is 1. The van der Waals surface area contributed by atoms with Gasteiger partial charge in [0, 0.05) is 25.4 Å². The van der Waals surface area contributed by atoms with E-state index in [1.165, 1.54) is 6.33 Å². The van der Waals surface area contributed by atoms with E-state index in [9.17, 15) is 9.50 Å². The summed E-state index contributed by atoms with van der Waals surface area (Å²) < 4.78 is 13.8. The SMILES string of the molecule is Cc1ncnc(N2C[C@@H](CC#N)[C@H](O)C2)c1F. The molecule has 1 aromatic rings. The number of nitriles is 1. The molecule has 17 heavy (non-hydrogen) atoms. The van der Waals surface area contributed by atoms with Gasteiger partial charge in [-0.2, -0.15) is 5.26 Å². The Balaban J connectivity index is 2.20. The van der Waals surface area contributed by atoms with Gasteiger partial charge in [-0.15, -0.1) is 0 Å². The van der Waals surface area contributed by atoms with Crippen LogP contribution in [0, 0.1) is 30.0 Å². The van der Waals surface area contributed by atoms with E-state index in [2.05, 4.69) is 9.97 Å². The second kappa shape index (κ2) is 4.63. The minimum Gasteiger partial charge on any atom is -0.391 e. The molecule has 5 nitrogen and oxygen atoms in total. The van der Waals surface area contributed by atoms with Crippen molar-refractivity contribution >= 4 is 5.82 Å². The van der Waals surface area contributed by atoms with Crippen molar-refractivity contribution in [2.75, 3.05) is 18.0 Å². The summed E-state index contributed by atoms with van der Waals surface area (Å²) in [4.78, 5) is 9.32. The standard InChI is InChI=1S/C11H13FN4O/c1-7-10(12)11(15-6-14-7)16-4-8(2-3-13)9(17)5-16/h6,8-9,17H,2,4-5H2,1H3/t8-,9-/m1/s1. The molecule has 6 heteroatoms. The first-order chi connectivity index (χ1) is 8.13. The summed E-state index contributed by atoms with van der Waals surface area (Å²) in [5.41, 5.74) is 0.285. The molecule has 0 unspecified atom stereocenters. The summed E-state index contributed by atoms with van der Waals surface area (Å²) in [5.74, 6) is -0.399. The van der Waals surface area contributed by atoms with E-state index in [1.54, 1.807) is 11.8 Å². The lowest BCUT2D eigenvalue weighted by Crippen LogP contribution is -2.23. The molecule has 0 amide bonds. The molecule has 1 aliphatic heterocycles. The van der Waals surface area contributed by atoms with Gasteiger partial charge in [0.05, 0.1) is 17.9 Å². The highest BCUT2D eigenvalue weighted by Crippen LogP contribution is 2.26. The van der Waals surface area contributed by atoms with Crippen molar-refractivity contribution in [3.8, 4) is 6.07 Å². The zero-order valence-electron chi connectivity index (χ0n) is 9.47. The summed E-state index contributed by atoms with van der Waals surface area (Å²) in [6.45, 7) is 2.32. The first-order valence-corrected chi connectivity index (χ1v) is 5.40. The predicted octanol–water partition coefficient (Wildman–Crippen LogP) is 0.635. The number of rotatable bonds is 2. The molecule has 1 saturated heterocycles. The van der Waals surface area contributed by atoms with Crippen LogP contribution in [0.5, 0.6) is 0 Å². The normalized spacial score (nSPS) is 23.8. The topological polar surface area (TPSA) is 73.0 Å². The van der Waals surface area contributed by atoms with Gasteiger partial charge in [0.25, 0.3) is 0 Å². The van der Waals surface area contributed by atoms with Crippen LogP contribution in [0.15, 0.2) is 6.33 Å². The van der Waals surface area contributed by atoms with Crippen molar-refractivity contribution in [3.63, 3.8) is 0 Å². The minimum absolute atomic E-state index is 0.144. The number of aliphatic hydroxyl groups excluding tert-OH is 1. The van der Waals surface area contributed by atoms with E-state index < -0.39 is 11.9 Å². The van der Waals surface area contributed by atoms with Crippen LogP contribution in [0.4, 0.5) is 10.2 Å². The zero-order chi connectivity index (χ0) is 12.4. The van der Waals surface area contributed by atoms with Gasteiger partial charge in [-0.1, -0.05) is 0 Å². The van der Waals surface area contributed by atoms with E-state index in [0.717, 1.165) is 0 Å². The number of nitrogens with zero attached hydrogens (tertiary/aromatic N) is 4. The molecule has 0 bridgehead atoms. The molecule has 0 aromatic carbocycles. The number of hydrogen-bond donors (Lipinski definition) is 1. The fourth-order valence-corrected chi connectivity index (χ4v) is 2.01. The molecule has 1 N–H and O–H groups in total. The maximum absolute atomic E-state index is 13.8. The van der Waals surface area contributed by atoms with Crippen LogP contribution < -0.4 is 4.90 Å². The Morgan fingerprint density at radius 3 is 3.06 bits per heavy atom. The zero-order valence-corrected chi connectivity index (χ0v) is 9.47. The molecule has 0 aliphatic carbocycles. The van der Waals surface area contributed by atoms with Gasteiger partial charge in [0.1, 0.15) is 6.33 Å². The number of anilines is 1. The van der Waals surface area contributed by atoms with Crippen molar-refractivity contribution in [1.82, 2.24) is 9.97 Å². The van der Waals surface area contributed by atoms with E-state index >= 15 is 0 Å². The average molecular weight is 236 g/mol. The van der Waals surface area contributed by atoms with E-state index in [-0.39, 0.29) is 23.9 Å². The van der Waals surface area contributed by atoms with Crippen LogP contribution in [0.25, 0.3) is 0 Å². The van der Waals surface area contributed by atoms with E-state index in [0.29, 0.717) is 13.1 Å². The second-order valence-corrected chi connectivity index (χ2v) is 4.19. The molecule has 1 aromatic heterocycles. The Morgan fingerprint density at radius 2 is 2.35 bits per heavy atom. The Labute approximate surface area is 98.5 Å². The minimum atomic E-state index is -0.607. The molecular formula is C11H13FN4O. The summed E-state index contributed by atoms with van der Waals surface area (Å²) in [6, 6.07) is 2.02. The lowest BCUT2D eigenvalue weighted by Gasteiger charge is -2.17. The van der Waals surface area contributed by atoms with Crippen LogP contribution in [-0.2, 0) is 0 Å². The third kappa shape index (κ3) is 2.19. The highest BCUT2D eigenvalue weighted by molar-refractivity contribution is 5.42. The van der Waals surface area contributed by atoms with Gasteiger partial charge in [0.15, 0.2) is 11.6 Å². The smallest absolute Gasteiger partial charge is 0.186 e. The quantitative estimate of drug-likeness (QED) is 0.815. The van der Waals surface area contributed by atoms with Crippen molar-refractivity contribution in [3.05, 3.63) is 17.8 Å². The molecule has 2 heterocycles. The van der Waals surface area contributed by atoms with Gasteiger partial charge in [-0.05, 0) is 6.92 Å². The fourth-order valence-electron chi connectivity index (χ4n) is 2.01. The molecule has 1 aliphatic rings. The molecule has 90 valence electrons. The maximum Gasteiger partial charge on any atom is 0.186 e. The number of aliphatic hydroxyl groups is 1. The largest absolute Gasteiger partial charge is 0.391 e. The lowest BCUT2D eigenvalue weighted by molar-refractivity contribution is 0.150. The van der Waals surface area contributed by atoms with Gasteiger partial charge in [-0.3, -0.25) is 0 Å². The number of halogens is 1. The van der Waals surface area contributed by atoms with E-state index in [1.807, 2.05) is 6.07 Å². The fraction of sp³-hybridized carbons (Fsp3) is 0.545. The number of β-amino-alcohol motifs (C(OH)–C–C–N with tert-alkyl or cyclic N) is 1. The monoisotopic (exact) mass is 236 g/mol. The van der Waals surface area contributed by atoms with Crippen LogP contribution >= 0.6 is 0 Å². The molecule has 2 atom stereocenters. The average Bonchev–Trinajstić information content (AvgIpc) is 2.65. The van der Waals surface area contributed by atoms with Crippen molar-refractivity contribution in [1.29, 1.82) is 5.26 Å². The summed E-state index contributed by atoms with van der Waals surface area (Å²) in [6.07, 6.45) is 0.963. The number of hydrogen-bond acceptors (Lipinski definition) is 5. The molecule has 0 spiro atoms. The Kier molecular flexibility index (Phi) is 3.20. The van der Waals surface area contributed by atoms with Crippen LogP contribution in [0.3, 0.4) is 0 Å². The molecular weight excluding hydrogens is 223 g/mol. The van der Waals surface area contributed by atoms with Crippen LogP contribution in [0.2, 0.25) is 0 Å². The first-order valence-electron chi connectivity index (χ1n) is 5.40.